The van der Waals surface area contributed by atoms with E-state index in [0.29, 0.717) is 18.2 Å². The number of nitrogens with zero attached hydrogens (tertiary/aromatic N) is 3. The van der Waals surface area contributed by atoms with Crippen molar-refractivity contribution in [2.75, 3.05) is 6.61 Å². The van der Waals surface area contributed by atoms with Crippen LogP contribution in [0.1, 0.15) is 44.7 Å². The highest BCUT2D eigenvalue weighted by molar-refractivity contribution is 5.98. The smallest absolute Gasteiger partial charge is 0.212 e. The fraction of sp³-hybridized carbons (Fsp3) is 0.455. The summed E-state index contributed by atoms with van der Waals surface area (Å²) < 4.78 is 8.12. The molecule has 2 aromatic rings. The molecular weight excluding hydrogens is 336 g/mol. The zero-order valence-electron chi connectivity index (χ0n) is 16.4. The molecule has 0 aliphatic heterocycles. The van der Waals surface area contributed by atoms with Gasteiger partial charge in [0.25, 0.3) is 0 Å². The van der Waals surface area contributed by atoms with Crippen LogP contribution in [0.4, 0.5) is 5.69 Å². The Morgan fingerprint density at radius 3 is 2.70 bits per heavy atom. The lowest BCUT2D eigenvalue weighted by atomic mass is 9.89. The zero-order valence-corrected chi connectivity index (χ0v) is 16.4. The van der Waals surface area contributed by atoms with Crippen LogP contribution in [-0.2, 0) is 6.54 Å². The molecule has 0 radical (unpaired) electrons. The van der Waals surface area contributed by atoms with Gasteiger partial charge in [0.05, 0.1) is 17.1 Å². The molecule has 1 fully saturated rings. The van der Waals surface area contributed by atoms with Gasteiger partial charge in [0.1, 0.15) is 6.61 Å². The van der Waals surface area contributed by atoms with Gasteiger partial charge in [-0.25, -0.2) is 9.67 Å². The van der Waals surface area contributed by atoms with E-state index in [4.69, 9.17) is 10.5 Å². The molecular formula is C22H30N4O. The number of aliphatic imine (C=N–C) groups is 1. The maximum Gasteiger partial charge on any atom is 0.212 e. The zero-order chi connectivity index (χ0) is 19.1. The maximum absolute atomic E-state index is 6.10. The molecule has 3 rings (SSSR count). The van der Waals surface area contributed by atoms with Crippen molar-refractivity contribution in [3.8, 4) is 5.88 Å². The van der Waals surface area contributed by atoms with Crippen LogP contribution < -0.4 is 10.5 Å². The minimum absolute atomic E-state index is 0.360. The lowest BCUT2D eigenvalue weighted by molar-refractivity contribution is 0.273. The number of nitrogens with two attached hydrogens (primary N) is 1. The standard InChI is InChI=1S/C22H30N4O/c1-17(23)13-21(24-20-11-7-4-8-12-20)16-27-22-14-18(2)25-26(22)15-19-9-5-3-6-10-19/h4,7-8,11-14,19H,3,5-6,9-10,15-16,23H2,1-2H3. The van der Waals surface area contributed by atoms with Crippen LogP contribution in [0.5, 0.6) is 5.88 Å². The van der Waals surface area contributed by atoms with Gasteiger partial charge in [0.15, 0.2) is 0 Å². The van der Waals surface area contributed by atoms with Gasteiger partial charge in [-0.2, -0.15) is 5.10 Å². The summed E-state index contributed by atoms with van der Waals surface area (Å²) >= 11 is 0. The Balaban J connectivity index is 1.71. The molecule has 2 N–H and O–H groups in total. The quantitative estimate of drug-likeness (QED) is 0.717. The van der Waals surface area contributed by atoms with Gasteiger partial charge in [-0.15, -0.1) is 0 Å². The predicted octanol–water partition coefficient (Wildman–Crippen LogP) is 4.79. The van der Waals surface area contributed by atoms with E-state index in [0.717, 1.165) is 29.5 Å². The molecule has 5 nitrogen and oxygen atoms in total. The Morgan fingerprint density at radius 2 is 2.00 bits per heavy atom. The number of allylic oxidation sites excluding steroid dienone is 1. The first-order chi connectivity index (χ1) is 13.1. The van der Waals surface area contributed by atoms with Crippen molar-refractivity contribution in [3.05, 3.63) is 53.9 Å². The van der Waals surface area contributed by atoms with Crippen LogP contribution in [0.3, 0.4) is 0 Å². The SMILES string of the molecule is CC(N)=CC(COc1cc(C)nn1CC1CCCCC1)=Nc1ccccc1. The highest BCUT2D eigenvalue weighted by Crippen LogP contribution is 2.27. The number of para-hydroxylation sites is 1. The van der Waals surface area contributed by atoms with Gasteiger partial charge in [-0.3, -0.25) is 0 Å². The molecule has 1 aliphatic carbocycles. The number of aryl methyl sites for hydroxylation is 1. The molecule has 0 atom stereocenters. The van der Waals surface area contributed by atoms with Crippen molar-refractivity contribution in [2.45, 2.75) is 52.5 Å². The Morgan fingerprint density at radius 1 is 1.26 bits per heavy atom. The number of hydrogen-bond donors (Lipinski definition) is 1. The van der Waals surface area contributed by atoms with E-state index in [1.165, 1.54) is 32.1 Å². The highest BCUT2D eigenvalue weighted by Gasteiger charge is 2.17. The molecule has 1 aromatic carbocycles. The summed E-state index contributed by atoms with van der Waals surface area (Å²) in [5, 5.41) is 4.64. The topological polar surface area (TPSA) is 65.4 Å². The summed E-state index contributed by atoms with van der Waals surface area (Å²) in [4.78, 5) is 4.67. The molecule has 27 heavy (non-hydrogen) atoms. The van der Waals surface area contributed by atoms with E-state index in [1.807, 2.05) is 61.0 Å². The molecule has 0 unspecified atom stereocenters. The highest BCUT2D eigenvalue weighted by atomic mass is 16.5. The Bertz CT molecular complexity index is 782. The van der Waals surface area contributed by atoms with E-state index in [1.54, 1.807) is 0 Å². The number of aromatic nitrogens is 2. The monoisotopic (exact) mass is 366 g/mol. The van der Waals surface area contributed by atoms with Crippen molar-refractivity contribution in [3.63, 3.8) is 0 Å². The first-order valence-corrected chi connectivity index (χ1v) is 9.84. The van der Waals surface area contributed by atoms with Crippen LogP contribution in [-0.4, -0.2) is 22.1 Å². The lowest BCUT2D eigenvalue weighted by Gasteiger charge is -2.22. The Hall–Kier alpha value is -2.56. The van der Waals surface area contributed by atoms with Crippen molar-refractivity contribution in [1.82, 2.24) is 9.78 Å². The third-order valence-corrected chi connectivity index (χ3v) is 4.81. The van der Waals surface area contributed by atoms with Crippen molar-refractivity contribution < 1.29 is 4.74 Å². The average Bonchev–Trinajstić information content (AvgIpc) is 3.00. The maximum atomic E-state index is 6.10. The fourth-order valence-corrected chi connectivity index (χ4v) is 3.57. The second-order valence-corrected chi connectivity index (χ2v) is 7.43. The molecule has 1 aliphatic rings. The predicted molar refractivity (Wildman–Crippen MR) is 111 cm³/mol. The summed E-state index contributed by atoms with van der Waals surface area (Å²) in [6, 6.07) is 11.9. The van der Waals surface area contributed by atoms with Crippen molar-refractivity contribution in [1.29, 1.82) is 0 Å². The molecule has 0 amide bonds. The third-order valence-electron chi connectivity index (χ3n) is 4.81. The van der Waals surface area contributed by atoms with Crippen molar-refractivity contribution in [2.24, 2.45) is 16.6 Å². The third kappa shape index (κ3) is 5.98. The van der Waals surface area contributed by atoms with Crippen LogP contribution >= 0.6 is 0 Å². The van der Waals surface area contributed by atoms with Gasteiger partial charge < -0.3 is 10.5 Å². The van der Waals surface area contributed by atoms with Crippen LogP contribution in [0.25, 0.3) is 0 Å². The lowest BCUT2D eigenvalue weighted by Crippen LogP contribution is -2.18. The molecule has 0 bridgehead atoms. The summed E-state index contributed by atoms with van der Waals surface area (Å²) in [5.74, 6) is 1.51. The molecule has 0 spiro atoms. The molecule has 0 saturated heterocycles. The number of ether oxygens (including phenoxy) is 1. The molecule has 1 aromatic heterocycles. The van der Waals surface area contributed by atoms with Gasteiger partial charge in [0.2, 0.25) is 5.88 Å². The van der Waals surface area contributed by atoms with E-state index < -0.39 is 0 Å². The summed E-state index contributed by atoms with van der Waals surface area (Å²) in [6.07, 6.45) is 8.46. The van der Waals surface area contributed by atoms with Gasteiger partial charge in [0, 0.05) is 18.3 Å². The first-order valence-electron chi connectivity index (χ1n) is 9.84. The summed E-state index contributed by atoms with van der Waals surface area (Å²) in [6.45, 7) is 5.16. The Labute approximate surface area is 161 Å². The first kappa shape index (κ1) is 19.2. The van der Waals surface area contributed by atoms with Gasteiger partial charge in [-0.05, 0) is 50.8 Å². The minimum Gasteiger partial charge on any atom is -0.471 e. The largest absolute Gasteiger partial charge is 0.471 e. The summed E-state index contributed by atoms with van der Waals surface area (Å²) in [7, 11) is 0. The van der Waals surface area contributed by atoms with Gasteiger partial charge >= 0.3 is 0 Å². The van der Waals surface area contributed by atoms with Crippen molar-refractivity contribution >= 4 is 11.4 Å². The fourth-order valence-electron chi connectivity index (χ4n) is 3.57. The molecule has 1 heterocycles. The second-order valence-electron chi connectivity index (χ2n) is 7.43. The number of hydrogen-bond acceptors (Lipinski definition) is 4. The van der Waals surface area contributed by atoms with Crippen LogP contribution in [0.15, 0.2) is 53.2 Å². The minimum atomic E-state index is 0.360. The average molecular weight is 367 g/mol. The Kier molecular flexibility index (Phi) is 6.69. The van der Waals surface area contributed by atoms with Gasteiger partial charge in [-0.1, -0.05) is 37.5 Å². The van der Waals surface area contributed by atoms with Crippen LogP contribution in [0, 0.1) is 12.8 Å². The van der Waals surface area contributed by atoms with E-state index in [2.05, 4.69) is 10.1 Å². The van der Waals surface area contributed by atoms with E-state index in [-0.39, 0.29) is 0 Å². The second kappa shape index (κ2) is 9.40. The molecule has 144 valence electrons. The van der Waals surface area contributed by atoms with E-state index >= 15 is 0 Å². The summed E-state index contributed by atoms with van der Waals surface area (Å²) in [5.41, 5.74) is 9.25. The van der Waals surface area contributed by atoms with Crippen LogP contribution in [0.2, 0.25) is 0 Å². The number of benzene rings is 1. The molecule has 1 saturated carbocycles. The van der Waals surface area contributed by atoms with E-state index in [9.17, 15) is 0 Å². The normalized spacial score (nSPS) is 16.5. The number of rotatable bonds is 7. The molecule has 5 heteroatoms.